The van der Waals surface area contributed by atoms with Gasteiger partial charge >= 0.3 is 0 Å². The van der Waals surface area contributed by atoms with Crippen molar-refractivity contribution in [1.82, 2.24) is 15.6 Å². The summed E-state index contributed by atoms with van der Waals surface area (Å²) in [5, 5.41) is 75.2. The zero-order valence-electron chi connectivity index (χ0n) is 39.3. The van der Waals surface area contributed by atoms with E-state index >= 15 is 4.79 Å². The molecule has 68 heavy (non-hydrogen) atoms. The summed E-state index contributed by atoms with van der Waals surface area (Å²) in [6, 6.07) is 24.3. The van der Waals surface area contributed by atoms with Gasteiger partial charge in [0.05, 0.1) is 18.8 Å². The smallest absolute Gasteiger partial charge is 0.167 e. The van der Waals surface area contributed by atoms with Gasteiger partial charge in [-0.2, -0.15) is 12.4 Å². The number of aliphatic hydroxyl groups excluding tert-OH is 2. The number of hydrogen-bond acceptors (Lipinski definition) is 13. The SMILES string of the molecule is CCc1ccc2cccc(CCO)c2c1Cc1c(C[C@H](Cc2cc[n-]c2)[C@H](O)CC(=O)[C@H](Cc2ccc(O)c3c2CSSC[C@](C)(O)CNCO3)c2cc(O)cc(CNC)c2)ccc(O)c1OC. The molecule has 1 aromatic heterocycles. The fraction of sp³-hybridized carbons (Fsp3) is 0.389. The molecule has 0 bridgehead atoms. The number of aromatic nitrogens is 1. The molecule has 0 aliphatic carbocycles. The van der Waals surface area contributed by atoms with E-state index in [0.717, 1.165) is 67.3 Å². The van der Waals surface area contributed by atoms with E-state index in [0.29, 0.717) is 67.3 Å². The van der Waals surface area contributed by atoms with Crippen molar-refractivity contribution in [3.63, 3.8) is 0 Å². The summed E-state index contributed by atoms with van der Waals surface area (Å²) in [4.78, 5) is 19.5. The third-order valence-corrected chi connectivity index (χ3v) is 15.5. The third kappa shape index (κ3) is 12.3. The maximum Gasteiger partial charge on any atom is 0.167 e. The Labute approximate surface area is 406 Å². The number of hydrogen-bond donors (Lipinski definition) is 8. The maximum absolute atomic E-state index is 15.1. The topological polar surface area (TPSA) is 195 Å². The van der Waals surface area contributed by atoms with Crippen LogP contribution in [0.4, 0.5) is 0 Å². The Morgan fingerprint density at radius 2 is 1.72 bits per heavy atom. The van der Waals surface area contributed by atoms with Gasteiger partial charge in [-0.05, 0) is 126 Å². The second kappa shape index (κ2) is 23.4. The number of Topliss-reactive ketones (excluding diaryl/α,β-unsaturated/α-hetero) is 1. The Hall–Kier alpha value is -5.19. The van der Waals surface area contributed by atoms with Crippen molar-refractivity contribution in [3.8, 4) is 28.7 Å². The number of fused-ring (bicyclic) bond motifs is 2. The fourth-order valence-electron chi connectivity index (χ4n) is 9.55. The average Bonchev–Trinajstić information content (AvgIpc) is 3.82. The van der Waals surface area contributed by atoms with Gasteiger partial charge < -0.3 is 50.4 Å². The molecule has 4 atom stereocenters. The summed E-state index contributed by atoms with van der Waals surface area (Å²) in [5.41, 5.74) is 7.67. The molecule has 0 unspecified atom stereocenters. The first-order valence-electron chi connectivity index (χ1n) is 23.2. The first-order chi connectivity index (χ1) is 32.8. The fourth-order valence-corrected chi connectivity index (χ4v) is 12.1. The van der Waals surface area contributed by atoms with Crippen molar-refractivity contribution in [1.29, 1.82) is 0 Å². The van der Waals surface area contributed by atoms with Gasteiger partial charge in [0, 0.05) is 61.1 Å². The summed E-state index contributed by atoms with van der Waals surface area (Å²) in [5.74, 6) is -0.0417. The summed E-state index contributed by atoms with van der Waals surface area (Å²) < 4.78 is 12.1. The van der Waals surface area contributed by atoms with E-state index in [9.17, 15) is 30.6 Å². The molecule has 7 rings (SSSR count). The highest BCUT2D eigenvalue weighted by Crippen LogP contribution is 2.43. The molecule has 1 aliphatic heterocycles. The van der Waals surface area contributed by atoms with Gasteiger partial charge in [-0.1, -0.05) is 88.7 Å². The van der Waals surface area contributed by atoms with Gasteiger partial charge in [0.2, 0.25) is 0 Å². The molecule has 362 valence electrons. The van der Waals surface area contributed by atoms with E-state index in [1.54, 1.807) is 49.6 Å². The molecular weight excluding hydrogens is 899 g/mol. The van der Waals surface area contributed by atoms with Crippen LogP contribution < -0.4 is 25.1 Å². The van der Waals surface area contributed by atoms with E-state index in [1.807, 2.05) is 37.4 Å². The lowest BCUT2D eigenvalue weighted by molar-refractivity contribution is -0.123. The highest BCUT2D eigenvalue weighted by molar-refractivity contribution is 8.76. The number of phenols is 3. The van der Waals surface area contributed by atoms with Crippen LogP contribution in [-0.4, -0.2) is 87.9 Å². The molecule has 1 aliphatic rings. The molecule has 2 heterocycles. The Kier molecular flexibility index (Phi) is 17.4. The highest BCUT2D eigenvalue weighted by Gasteiger charge is 2.32. The number of nitrogens with zero attached hydrogens (tertiary/aromatic N) is 1. The van der Waals surface area contributed by atoms with Crippen molar-refractivity contribution in [2.24, 2.45) is 5.92 Å². The largest absolute Gasteiger partial charge is 0.670 e. The Bertz CT molecular complexity index is 2660. The number of carbonyl (C=O) groups is 1. The quantitative estimate of drug-likeness (QED) is 0.0369. The molecule has 0 saturated carbocycles. The van der Waals surface area contributed by atoms with Crippen LogP contribution in [0.3, 0.4) is 0 Å². The summed E-state index contributed by atoms with van der Waals surface area (Å²) in [6.07, 6.45) is 4.74. The van der Waals surface area contributed by atoms with Crippen LogP contribution in [0.25, 0.3) is 10.8 Å². The highest BCUT2D eigenvalue weighted by atomic mass is 33.1. The van der Waals surface area contributed by atoms with E-state index in [1.165, 1.54) is 28.7 Å². The molecule has 6 aromatic rings. The number of benzene rings is 5. The van der Waals surface area contributed by atoms with Crippen molar-refractivity contribution in [2.45, 2.75) is 88.7 Å². The number of ketones is 1. The second-order valence-electron chi connectivity index (χ2n) is 18.1. The number of ether oxygens (including phenoxy) is 2. The van der Waals surface area contributed by atoms with Crippen molar-refractivity contribution in [2.75, 3.05) is 39.8 Å². The predicted octanol–water partition coefficient (Wildman–Crippen LogP) is 7.65. The zero-order chi connectivity index (χ0) is 48.4. The lowest BCUT2D eigenvalue weighted by Gasteiger charge is -2.27. The number of rotatable bonds is 19. The Balaban J connectivity index is 1.26. The Morgan fingerprint density at radius 3 is 2.47 bits per heavy atom. The number of carbonyl (C=O) groups excluding carboxylic acids is 1. The van der Waals surface area contributed by atoms with E-state index in [2.05, 4.69) is 40.7 Å². The average molecular weight is 963 g/mol. The number of methoxy groups -OCH3 is 1. The number of nitrogens with one attached hydrogen (secondary N) is 2. The van der Waals surface area contributed by atoms with Crippen LogP contribution in [0.1, 0.15) is 81.8 Å². The van der Waals surface area contributed by atoms with Crippen LogP contribution >= 0.6 is 21.6 Å². The minimum absolute atomic E-state index is 0.000365. The normalized spacial score (nSPS) is 16.9. The third-order valence-electron chi connectivity index (χ3n) is 13.0. The molecule has 0 radical (unpaired) electrons. The van der Waals surface area contributed by atoms with Gasteiger partial charge in [0.25, 0.3) is 0 Å². The zero-order valence-corrected chi connectivity index (χ0v) is 40.9. The first-order valence-corrected chi connectivity index (χ1v) is 25.7. The predicted molar refractivity (Wildman–Crippen MR) is 271 cm³/mol. The Morgan fingerprint density at radius 1 is 0.926 bits per heavy atom. The summed E-state index contributed by atoms with van der Waals surface area (Å²) in [6.45, 7) is 4.67. The van der Waals surface area contributed by atoms with Crippen LogP contribution in [-0.2, 0) is 55.6 Å². The minimum Gasteiger partial charge on any atom is -0.670 e. The van der Waals surface area contributed by atoms with E-state index in [-0.39, 0.29) is 49.2 Å². The van der Waals surface area contributed by atoms with Crippen LogP contribution in [0.5, 0.6) is 28.7 Å². The van der Waals surface area contributed by atoms with Crippen LogP contribution in [0, 0.1) is 5.92 Å². The van der Waals surface area contributed by atoms with Crippen molar-refractivity contribution in [3.05, 3.63) is 147 Å². The minimum atomic E-state index is -1.13. The van der Waals surface area contributed by atoms with Gasteiger partial charge in [0.1, 0.15) is 18.3 Å². The van der Waals surface area contributed by atoms with Gasteiger partial charge in [0.15, 0.2) is 23.0 Å². The number of phenolic OH excluding ortho intramolecular Hbond substituents is 3. The molecule has 0 saturated heterocycles. The molecular formula is C54H64N3O9S2-. The lowest BCUT2D eigenvalue weighted by Crippen LogP contribution is -2.41. The molecule has 0 amide bonds. The van der Waals surface area contributed by atoms with Crippen molar-refractivity contribution >= 4 is 38.1 Å². The molecule has 0 spiro atoms. The first kappa shape index (κ1) is 50.7. The number of aromatic hydroxyl groups is 3. The van der Waals surface area contributed by atoms with Gasteiger partial charge in [-0.15, -0.1) is 0 Å². The van der Waals surface area contributed by atoms with Crippen LogP contribution in [0.15, 0.2) is 91.3 Å². The van der Waals surface area contributed by atoms with E-state index in [4.69, 9.17) is 9.47 Å². The van der Waals surface area contributed by atoms with Crippen molar-refractivity contribution < 1.29 is 44.9 Å². The van der Waals surface area contributed by atoms with Gasteiger partial charge in [-0.25, -0.2) is 0 Å². The lowest BCUT2D eigenvalue weighted by atomic mass is 9.80. The molecule has 14 heteroatoms. The molecule has 0 fully saturated rings. The molecule has 5 aromatic carbocycles. The summed E-state index contributed by atoms with van der Waals surface area (Å²) >= 11 is 0. The standard InChI is InChI=1S/C54H64N3O9S2/c1-5-35-9-10-36-7-6-8-37(16-18-58)51(36)44(35)25-45-38(11-13-47(60)52(45)65-4)22-41(19-33-15-17-56-28-33)49(62)26-50(63)43(40-20-34(27-55-3)21-42(59)23-40)24-39-12-14-48(61)53-46(39)29-67-68-31-54(2,64)30-57-32-66-53/h6-15,17,20-21,23,28,41,43,49,55,57-62,64H,5,16,18-19,22,24-27,29-32H2,1-4H3/q-1/t41-,43+,49+,54+/m0/s1. The second-order valence-corrected chi connectivity index (χ2v) is 20.5. The maximum atomic E-state index is 15.1. The van der Waals surface area contributed by atoms with Gasteiger partial charge in [-0.3, -0.25) is 10.1 Å². The number of aliphatic hydroxyl groups is 3. The summed E-state index contributed by atoms with van der Waals surface area (Å²) in [7, 11) is 6.39. The molecule has 8 N–H and O–H groups in total. The number of aryl methyl sites for hydroxylation is 1. The monoisotopic (exact) mass is 962 g/mol. The van der Waals surface area contributed by atoms with E-state index < -0.39 is 23.5 Å². The number of β-amino-alcohol motifs (C(OH)–C–C–N with tert-alkyl or cyclic N) is 1. The molecule has 12 nitrogen and oxygen atoms in total. The van der Waals surface area contributed by atoms with Crippen LogP contribution in [0.2, 0.25) is 0 Å².